The monoisotopic (exact) mass is 652 g/mol. The lowest BCUT2D eigenvalue weighted by Crippen LogP contribution is -2.51. The Labute approximate surface area is 263 Å². The number of ether oxygens (including phenoxy) is 3. The van der Waals surface area contributed by atoms with Gasteiger partial charge in [0.25, 0.3) is 10.1 Å². The fourth-order valence-electron chi connectivity index (χ4n) is 6.13. The summed E-state index contributed by atoms with van der Waals surface area (Å²) in [5.74, 6) is 0.831. The van der Waals surface area contributed by atoms with Gasteiger partial charge in [-0.3, -0.25) is 4.18 Å². The first-order valence-electron chi connectivity index (χ1n) is 15.1. The number of anilines is 1. The summed E-state index contributed by atoms with van der Waals surface area (Å²) >= 11 is 0. The molecule has 10 nitrogen and oxygen atoms in total. The average Bonchev–Trinajstić information content (AvgIpc) is 2.91. The van der Waals surface area contributed by atoms with Gasteiger partial charge < -0.3 is 19.1 Å². The molecule has 0 radical (unpaired) electrons. The lowest BCUT2D eigenvalue weighted by atomic mass is 9.92. The zero-order valence-electron chi connectivity index (χ0n) is 27.0. The Morgan fingerprint density at radius 1 is 1.05 bits per heavy atom. The zero-order chi connectivity index (χ0) is 32.3. The second-order valence-electron chi connectivity index (χ2n) is 13.2. The Hall–Kier alpha value is -2.22. The number of benzene rings is 2. The summed E-state index contributed by atoms with van der Waals surface area (Å²) in [4.78, 5) is 2.52. The first-order valence-corrected chi connectivity index (χ1v) is 18.4. The normalized spacial score (nSPS) is 21.1. The largest absolute Gasteiger partial charge is 0.484 e. The van der Waals surface area contributed by atoms with E-state index in [1.54, 1.807) is 45.2 Å². The Balaban J connectivity index is 1.52. The van der Waals surface area contributed by atoms with Crippen molar-refractivity contribution >= 4 is 25.8 Å². The lowest BCUT2D eigenvalue weighted by Gasteiger charge is -2.42. The highest BCUT2D eigenvalue weighted by molar-refractivity contribution is 7.89. The summed E-state index contributed by atoms with van der Waals surface area (Å²) < 4.78 is 76.4. The van der Waals surface area contributed by atoms with Crippen molar-refractivity contribution in [3.63, 3.8) is 0 Å². The molecule has 0 amide bonds. The molecule has 2 atom stereocenters. The predicted molar refractivity (Wildman–Crippen MR) is 171 cm³/mol. The van der Waals surface area contributed by atoms with Crippen LogP contribution in [0.1, 0.15) is 64.5 Å². The van der Waals surface area contributed by atoms with Crippen LogP contribution in [0.5, 0.6) is 5.75 Å². The van der Waals surface area contributed by atoms with Gasteiger partial charge in [0, 0.05) is 32.8 Å². The minimum Gasteiger partial charge on any atom is -0.484 e. The van der Waals surface area contributed by atoms with Gasteiger partial charge in [0.15, 0.2) is 0 Å². The molecule has 4 rings (SSSR count). The van der Waals surface area contributed by atoms with Crippen molar-refractivity contribution in [2.75, 3.05) is 44.5 Å². The summed E-state index contributed by atoms with van der Waals surface area (Å²) in [6, 6.07) is 12.4. The fraction of sp³-hybridized carbons (Fsp3) is 0.625. The van der Waals surface area contributed by atoms with E-state index in [0.717, 1.165) is 48.3 Å². The van der Waals surface area contributed by atoms with Crippen LogP contribution >= 0.6 is 0 Å². The Kier molecular flexibility index (Phi) is 10.7. The number of fused-ring (bicyclic) bond motifs is 1. The summed E-state index contributed by atoms with van der Waals surface area (Å²) in [5.41, 5.74) is 1.55. The topological polar surface area (TPSA) is 112 Å². The van der Waals surface area contributed by atoms with Crippen LogP contribution in [0, 0.1) is 6.92 Å². The van der Waals surface area contributed by atoms with Gasteiger partial charge in [0.05, 0.1) is 41.7 Å². The van der Waals surface area contributed by atoms with Crippen molar-refractivity contribution in [2.45, 2.75) is 95.2 Å². The molecule has 44 heavy (non-hydrogen) atoms. The minimum absolute atomic E-state index is 0.154. The molecule has 2 aromatic carbocycles. The molecule has 0 spiro atoms. The number of hydrogen-bond acceptors (Lipinski definition) is 9. The van der Waals surface area contributed by atoms with Crippen molar-refractivity contribution in [2.24, 2.45) is 0 Å². The first kappa shape index (κ1) is 34.6. The number of aryl methyl sites for hydroxylation is 1. The molecule has 2 aromatic rings. The quantitative estimate of drug-likeness (QED) is 0.221. The Morgan fingerprint density at radius 3 is 2.41 bits per heavy atom. The van der Waals surface area contributed by atoms with Crippen LogP contribution in [0.4, 0.5) is 5.69 Å². The summed E-state index contributed by atoms with van der Waals surface area (Å²) in [7, 11) is -5.91. The highest BCUT2D eigenvalue weighted by atomic mass is 32.2. The third kappa shape index (κ3) is 9.17. The second kappa shape index (κ2) is 13.6. The summed E-state index contributed by atoms with van der Waals surface area (Å²) in [6.45, 7) is 12.2. The summed E-state index contributed by atoms with van der Waals surface area (Å²) in [5, 5.41) is 0. The standard InChI is InChI=1S/C32H48N2O8S2/c1-24-9-14-28(15-10-24)44(37,38)34-21-27(13-12-26(34)20-31(2,3)42-43(7,35)36)40-22-25-11-16-30-29(19-25)33(17-8-18-39-6)23-32(4,5)41-30/h9-11,14-16,19,26-27H,8,12-13,17-18,20-23H2,1-7H3/t26-,27+/m0/s1. The second-order valence-corrected chi connectivity index (χ2v) is 16.7. The SMILES string of the molecule is COCCCN1CC(C)(C)Oc2ccc(CO[C@@H]3CC[C@@H](CC(C)(C)OS(C)(=O)=O)N(S(=O)(=O)c4ccc(C)cc4)C3)cc21. The Bertz CT molecular complexity index is 1490. The van der Waals surface area contributed by atoms with Crippen LogP contribution < -0.4 is 9.64 Å². The van der Waals surface area contributed by atoms with E-state index in [1.165, 1.54) is 4.31 Å². The van der Waals surface area contributed by atoms with Crippen molar-refractivity contribution in [1.82, 2.24) is 4.31 Å². The number of sulfonamides is 1. The number of nitrogens with zero attached hydrogens (tertiary/aromatic N) is 2. The fourth-order valence-corrected chi connectivity index (χ4v) is 8.70. The molecule has 2 aliphatic heterocycles. The van der Waals surface area contributed by atoms with Crippen LogP contribution in [-0.4, -0.2) is 84.1 Å². The molecule has 12 heteroatoms. The van der Waals surface area contributed by atoms with Crippen molar-refractivity contribution in [1.29, 1.82) is 0 Å². The van der Waals surface area contributed by atoms with Gasteiger partial charge in [-0.1, -0.05) is 23.8 Å². The van der Waals surface area contributed by atoms with Gasteiger partial charge in [0.2, 0.25) is 10.0 Å². The van der Waals surface area contributed by atoms with Gasteiger partial charge >= 0.3 is 0 Å². The molecule has 246 valence electrons. The van der Waals surface area contributed by atoms with E-state index in [0.29, 0.717) is 26.1 Å². The van der Waals surface area contributed by atoms with E-state index in [1.807, 2.05) is 19.1 Å². The summed E-state index contributed by atoms with van der Waals surface area (Å²) in [6.07, 6.45) is 2.92. The van der Waals surface area contributed by atoms with Gasteiger partial charge in [0.1, 0.15) is 11.4 Å². The van der Waals surface area contributed by atoms with E-state index in [9.17, 15) is 16.8 Å². The minimum atomic E-state index is -3.89. The maximum absolute atomic E-state index is 13.9. The third-order valence-corrected chi connectivity index (χ3v) is 10.6. The third-order valence-electron chi connectivity index (χ3n) is 7.93. The molecule has 0 unspecified atom stereocenters. The maximum atomic E-state index is 13.9. The van der Waals surface area contributed by atoms with Gasteiger partial charge in [-0.15, -0.1) is 0 Å². The predicted octanol–water partition coefficient (Wildman–Crippen LogP) is 4.89. The highest BCUT2D eigenvalue weighted by Crippen LogP contribution is 2.38. The van der Waals surface area contributed by atoms with E-state index in [4.69, 9.17) is 18.4 Å². The number of piperidine rings is 1. The van der Waals surface area contributed by atoms with E-state index < -0.39 is 31.8 Å². The molecular formula is C32H48N2O8S2. The molecule has 2 aliphatic rings. The molecule has 1 saturated heterocycles. The molecular weight excluding hydrogens is 604 g/mol. The van der Waals surface area contributed by atoms with E-state index in [2.05, 4.69) is 24.8 Å². The zero-order valence-corrected chi connectivity index (χ0v) is 28.7. The Morgan fingerprint density at radius 2 is 1.75 bits per heavy atom. The maximum Gasteiger partial charge on any atom is 0.264 e. The van der Waals surface area contributed by atoms with E-state index in [-0.39, 0.29) is 29.6 Å². The van der Waals surface area contributed by atoms with Crippen LogP contribution in [0.25, 0.3) is 0 Å². The molecule has 0 aromatic heterocycles. The lowest BCUT2D eigenvalue weighted by molar-refractivity contribution is -0.0165. The number of rotatable bonds is 13. The molecule has 0 aliphatic carbocycles. The van der Waals surface area contributed by atoms with Crippen LogP contribution in [0.2, 0.25) is 0 Å². The molecule has 0 bridgehead atoms. The van der Waals surface area contributed by atoms with Crippen LogP contribution in [0.15, 0.2) is 47.4 Å². The van der Waals surface area contributed by atoms with E-state index >= 15 is 0 Å². The highest BCUT2D eigenvalue weighted by Gasteiger charge is 2.41. The smallest absolute Gasteiger partial charge is 0.264 e. The van der Waals surface area contributed by atoms with Crippen LogP contribution in [-0.2, 0) is 40.4 Å². The van der Waals surface area contributed by atoms with Gasteiger partial charge in [-0.05, 0) is 90.1 Å². The van der Waals surface area contributed by atoms with Crippen LogP contribution in [0.3, 0.4) is 0 Å². The average molecular weight is 653 g/mol. The van der Waals surface area contributed by atoms with Gasteiger partial charge in [-0.2, -0.15) is 12.7 Å². The first-order chi connectivity index (χ1) is 20.5. The number of methoxy groups -OCH3 is 1. The molecule has 0 saturated carbocycles. The molecule has 0 N–H and O–H groups in total. The molecule has 2 heterocycles. The van der Waals surface area contributed by atoms with Crippen molar-refractivity contribution in [3.05, 3.63) is 53.6 Å². The number of hydrogen-bond donors (Lipinski definition) is 0. The van der Waals surface area contributed by atoms with Crippen molar-refractivity contribution in [3.8, 4) is 5.75 Å². The van der Waals surface area contributed by atoms with Crippen molar-refractivity contribution < 1.29 is 35.2 Å². The van der Waals surface area contributed by atoms with Gasteiger partial charge in [-0.25, -0.2) is 8.42 Å². The molecule has 1 fully saturated rings.